The van der Waals surface area contributed by atoms with Crippen LogP contribution in [0.4, 0.5) is 5.69 Å². The first-order valence-electron chi connectivity index (χ1n) is 6.81. The number of benzene rings is 1. The lowest BCUT2D eigenvalue weighted by Crippen LogP contribution is -2.46. The van der Waals surface area contributed by atoms with Crippen LogP contribution in [-0.2, 0) is 0 Å². The zero-order valence-electron chi connectivity index (χ0n) is 12.2. The van der Waals surface area contributed by atoms with Crippen LogP contribution in [0.25, 0.3) is 0 Å². The zero-order valence-corrected chi connectivity index (χ0v) is 13.0. The summed E-state index contributed by atoms with van der Waals surface area (Å²) in [6.07, 6.45) is 0. The van der Waals surface area contributed by atoms with Gasteiger partial charge in [-0.25, -0.2) is 0 Å². The maximum absolute atomic E-state index is 11.9. The second-order valence-electron chi connectivity index (χ2n) is 4.16. The molecule has 0 unspecified atom stereocenters. The van der Waals surface area contributed by atoms with Gasteiger partial charge >= 0.3 is 0 Å². The minimum atomic E-state index is -0.212. The van der Waals surface area contributed by atoms with Crippen LogP contribution < -0.4 is 21.1 Å². The van der Waals surface area contributed by atoms with Crippen LogP contribution in [0.1, 0.15) is 31.1 Å². The number of nitrogens with zero attached hydrogens (tertiary/aromatic N) is 1. The van der Waals surface area contributed by atoms with Crippen molar-refractivity contribution in [3.05, 3.63) is 29.8 Å². The summed E-state index contributed by atoms with van der Waals surface area (Å²) in [5.74, 6) is -0.212. The van der Waals surface area contributed by atoms with Crippen molar-refractivity contribution >= 4 is 28.9 Å². The van der Waals surface area contributed by atoms with E-state index >= 15 is 0 Å². The van der Waals surface area contributed by atoms with Gasteiger partial charge in [0.2, 0.25) is 0 Å². The monoisotopic (exact) mass is 294 g/mol. The van der Waals surface area contributed by atoms with Gasteiger partial charge in [0.1, 0.15) is 0 Å². The van der Waals surface area contributed by atoms with Gasteiger partial charge in [0.15, 0.2) is 5.11 Å². The van der Waals surface area contributed by atoms with E-state index in [9.17, 15) is 4.79 Å². The van der Waals surface area contributed by atoms with Crippen molar-refractivity contribution in [1.82, 2.24) is 16.2 Å². The molecule has 0 fully saturated rings. The Hall–Kier alpha value is -1.82. The number of hydrogen-bond acceptors (Lipinski definition) is 3. The van der Waals surface area contributed by atoms with E-state index in [1.54, 1.807) is 12.1 Å². The largest absolute Gasteiger partial charge is 0.372 e. The highest BCUT2D eigenvalue weighted by Gasteiger charge is 2.07. The smallest absolute Gasteiger partial charge is 0.269 e. The summed E-state index contributed by atoms with van der Waals surface area (Å²) in [4.78, 5) is 14.1. The Bertz CT molecular complexity index is 443. The Balaban J connectivity index is 2.59. The molecule has 0 saturated heterocycles. The van der Waals surface area contributed by atoms with Gasteiger partial charge < -0.3 is 10.2 Å². The molecule has 0 spiro atoms. The molecule has 3 N–H and O–H groups in total. The van der Waals surface area contributed by atoms with E-state index in [1.807, 2.05) is 19.1 Å². The van der Waals surface area contributed by atoms with Crippen molar-refractivity contribution in [2.24, 2.45) is 0 Å². The van der Waals surface area contributed by atoms with Crippen molar-refractivity contribution in [3.8, 4) is 0 Å². The third-order valence-electron chi connectivity index (χ3n) is 2.88. The predicted molar refractivity (Wildman–Crippen MR) is 86.9 cm³/mol. The van der Waals surface area contributed by atoms with E-state index < -0.39 is 0 Å². The third-order valence-corrected chi connectivity index (χ3v) is 3.13. The van der Waals surface area contributed by atoms with Gasteiger partial charge in [0.05, 0.1) is 0 Å². The predicted octanol–water partition coefficient (Wildman–Crippen LogP) is 1.66. The number of hydrogen-bond donors (Lipinski definition) is 3. The van der Waals surface area contributed by atoms with Crippen LogP contribution in [0.2, 0.25) is 0 Å². The quantitative estimate of drug-likeness (QED) is 0.570. The summed E-state index contributed by atoms with van der Waals surface area (Å²) in [6.45, 7) is 8.74. The highest BCUT2D eigenvalue weighted by molar-refractivity contribution is 7.80. The second-order valence-corrected chi connectivity index (χ2v) is 4.57. The molecule has 1 aromatic carbocycles. The molecule has 6 heteroatoms. The van der Waals surface area contributed by atoms with Gasteiger partial charge in [0, 0.05) is 30.9 Å². The number of carbonyl (C=O) groups is 1. The number of thiocarbonyl (C=S) groups is 1. The summed E-state index contributed by atoms with van der Waals surface area (Å²) in [5, 5.41) is 3.29. The van der Waals surface area contributed by atoms with Crippen LogP contribution >= 0.6 is 12.2 Å². The lowest BCUT2D eigenvalue weighted by Gasteiger charge is -2.21. The van der Waals surface area contributed by atoms with Crippen LogP contribution in [0.3, 0.4) is 0 Å². The average molecular weight is 294 g/mol. The summed E-state index contributed by atoms with van der Waals surface area (Å²) >= 11 is 4.96. The highest BCUT2D eigenvalue weighted by atomic mass is 32.1. The van der Waals surface area contributed by atoms with E-state index in [4.69, 9.17) is 12.2 Å². The minimum absolute atomic E-state index is 0.212. The Morgan fingerprint density at radius 2 is 1.70 bits per heavy atom. The van der Waals surface area contributed by atoms with Gasteiger partial charge in [-0.3, -0.25) is 15.6 Å². The van der Waals surface area contributed by atoms with Crippen molar-refractivity contribution in [2.75, 3.05) is 24.5 Å². The molecule has 0 aliphatic rings. The van der Waals surface area contributed by atoms with Crippen LogP contribution in [-0.4, -0.2) is 30.7 Å². The molecule has 0 aromatic heterocycles. The van der Waals surface area contributed by atoms with Gasteiger partial charge in [0.25, 0.3) is 5.91 Å². The SMILES string of the molecule is CCNC(=S)NNC(=O)c1ccc(N(CC)CC)cc1. The first kappa shape index (κ1) is 16.2. The Morgan fingerprint density at radius 3 is 2.20 bits per heavy atom. The number of nitrogens with one attached hydrogen (secondary N) is 3. The third kappa shape index (κ3) is 4.70. The van der Waals surface area contributed by atoms with Crippen molar-refractivity contribution < 1.29 is 4.79 Å². The molecule has 110 valence electrons. The number of amides is 1. The van der Waals surface area contributed by atoms with Gasteiger partial charge in [-0.05, 0) is 57.3 Å². The van der Waals surface area contributed by atoms with Crippen LogP contribution in [0.5, 0.6) is 0 Å². The van der Waals surface area contributed by atoms with Gasteiger partial charge in [-0.1, -0.05) is 0 Å². The van der Waals surface area contributed by atoms with E-state index in [0.29, 0.717) is 17.2 Å². The lowest BCUT2D eigenvalue weighted by molar-refractivity contribution is 0.0943. The molecule has 5 nitrogen and oxygen atoms in total. The fraction of sp³-hybridized carbons (Fsp3) is 0.429. The summed E-state index contributed by atoms with van der Waals surface area (Å²) in [6, 6.07) is 7.51. The maximum atomic E-state index is 11.9. The topological polar surface area (TPSA) is 56.4 Å². The second kappa shape index (κ2) is 8.37. The molecule has 1 amide bonds. The van der Waals surface area contributed by atoms with E-state index in [-0.39, 0.29) is 5.91 Å². The molecule has 0 radical (unpaired) electrons. The Kier molecular flexibility index (Phi) is 6.79. The molecule has 1 aromatic rings. The molecular formula is C14H22N4OS. The number of carbonyl (C=O) groups excluding carboxylic acids is 1. The van der Waals surface area contributed by atoms with E-state index in [0.717, 1.165) is 18.8 Å². The minimum Gasteiger partial charge on any atom is -0.372 e. The first-order valence-corrected chi connectivity index (χ1v) is 7.22. The van der Waals surface area contributed by atoms with Crippen molar-refractivity contribution in [3.63, 3.8) is 0 Å². The van der Waals surface area contributed by atoms with Gasteiger partial charge in [-0.2, -0.15) is 0 Å². The molecular weight excluding hydrogens is 272 g/mol. The molecule has 0 aliphatic heterocycles. The van der Waals surface area contributed by atoms with Crippen molar-refractivity contribution in [2.45, 2.75) is 20.8 Å². The number of rotatable bonds is 5. The normalized spacial score (nSPS) is 9.75. The summed E-state index contributed by atoms with van der Waals surface area (Å²) in [7, 11) is 0. The maximum Gasteiger partial charge on any atom is 0.269 e. The molecule has 0 bridgehead atoms. The number of hydrazine groups is 1. The summed E-state index contributed by atoms with van der Waals surface area (Å²) in [5.41, 5.74) is 6.91. The molecule has 1 rings (SSSR count). The number of anilines is 1. The fourth-order valence-electron chi connectivity index (χ4n) is 1.80. The summed E-state index contributed by atoms with van der Waals surface area (Å²) < 4.78 is 0. The van der Waals surface area contributed by atoms with Crippen LogP contribution in [0.15, 0.2) is 24.3 Å². The lowest BCUT2D eigenvalue weighted by atomic mass is 10.2. The Labute approximate surface area is 125 Å². The zero-order chi connectivity index (χ0) is 15.0. The molecule has 0 atom stereocenters. The standard InChI is InChI=1S/C14H22N4OS/c1-4-15-14(20)17-16-13(19)11-7-9-12(10-8-11)18(5-2)6-3/h7-10H,4-6H2,1-3H3,(H,16,19)(H2,15,17,20). The van der Waals surface area contributed by atoms with Crippen molar-refractivity contribution in [1.29, 1.82) is 0 Å². The molecule has 0 aliphatic carbocycles. The Morgan fingerprint density at radius 1 is 1.10 bits per heavy atom. The van der Waals surface area contributed by atoms with E-state index in [2.05, 4.69) is 34.9 Å². The van der Waals surface area contributed by atoms with Crippen LogP contribution in [0, 0.1) is 0 Å². The fourth-order valence-corrected chi connectivity index (χ4v) is 2.00. The molecule has 0 heterocycles. The molecule has 20 heavy (non-hydrogen) atoms. The van der Waals surface area contributed by atoms with E-state index in [1.165, 1.54) is 0 Å². The van der Waals surface area contributed by atoms with Gasteiger partial charge in [-0.15, -0.1) is 0 Å². The highest BCUT2D eigenvalue weighted by Crippen LogP contribution is 2.14. The molecule has 0 saturated carbocycles. The first-order chi connectivity index (χ1) is 9.62. The average Bonchev–Trinajstić information content (AvgIpc) is 2.47.